The number of unbranched alkanes of at least 4 members (excludes halogenated alkanes) is 9. The van der Waals surface area contributed by atoms with Crippen LogP contribution < -0.4 is 0 Å². The Kier molecular flexibility index (Phi) is 11.7. The maximum Gasteiger partial charge on any atom is 0.416 e. The van der Waals surface area contributed by atoms with E-state index in [0.717, 1.165) is 48.9 Å². The second-order valence-corrected chi connectivity index (χ2v) is 7.23. The van der Waals surface area contributed by atoms with E-state index in [1.807, 2.05) is 0 Å². The zero-order valence-electron chi connectivity index (χ0n) is 15.1. The van der Waals surface area contributed by atoms with E-state index in [2.05, 4.69) is 15.9 Å². The first-order valence-electron chi connectivity index (χ1n) is 9.35. The molecule has 0 aromatic heterocycles. The number of hydrogen-bond acceptors (Lipinski definition) is 2. The van der Waals surface area contributed by atoms with Crippen LogP contribution in [0.1, 0.15) is 80.1 Å². The number of carbonyl (C=O) groups excluding carboxylic acids is 1. The third kappa shape index (κ3) is 10.2. The summed E-state index contributed by atoms with van der Waals surface area (Å²) in [5.74, 6) is -0.567. The fourth-order valence-corrected chi connectivity index (χ4v) is 3.05. The van der Waals surface area contributed by atoms with Gasteiger partial charge >= 0.3 is 12.1 Å². The first-order valence-corrected chi connectivity index (χ1v) is 10.5. The summed E-state index contributed by atoms with van der Waals surface area (Å²) in [7, 11) is 0. The Labute approximate surface area is 162 Å². The van der Waals surface area contributed by atoms with Crippen LogP contribution in [-0.2, 0) is 10.9 Å². The van der Waals surface area contributed by atoms with Crippen molar-refractivity contribution in [3.05, 3.63) is 35.4 Å². The average molecular weight is 437 g/mol. The van der Waals surface area contributed by atoms with E-state index < -0.39 is 17.7 Å². The number of alkyl halides is 4. The molecule has 0 aliphatic heterocycles. The zero-order valence-corrected chi connectivity index (χ0v) is 16.7. The summed E-state index contributed by atoms with van der Waals surface area (Å²) < 4.78 is 42.5. The van der Waals surface area contributed by atoms with E-state index in [-0.39, 0.29) is 5.56 Å². The molecule has 1 rings (SSSR count). The van der Waals surface area contributed by atoms with Gasteiger partial charge in [0.25, 0.3) is 0 Å². The maximum atomic E-state index is 12.5. The summed E-state index contributed by atoms with van der Waals surface area (Å²) in [5.41, 5.74) is -0.616. The van der Waals surface area contributed by atoms with Crippen LogP contribution in [0.2, 0.25) is 0 Å². The van der Waals surface area contributed by atoms with Gasteiger partial charge in [-0.1, -0.05) is 67.3 Å². The lowest BCUT2D eigenvalue weighted by Crippen LogP contribution is -2.08. The van der Waals surface area contributed by atoms with Crippen LogP contribution in [0.15, 0.2) is 24.3 Å². The second-order valence-electron chi connectivity index (χ2n) is 6.44. The predicted octanol–water partition coefficient (Wildman–Crippen LogP) is 7.16. The fourth-order valence-electron chi connectivity index (χ4n) is 2.65. The third-order valence-electron chi connectivity index (χ3n) is 4.21. The number of halogens is 4. The van der Waals surface area contributed by atoms with Crippen LogP contribution in [0.25, 0.3) is 0 Å². The fraction of sp³-hybridized carbons (Fsp3) is 0.650. The molecule has 0 fully saturated rings. The monoisotopic (exact) mass is 436 g/mol. The molecular weight excluding hydrogens is 409 g/mol. The number of rotatable bonds is 13. The molecule has 0 heterocycles. The number of hydrogen-bond donors (Lipinski definition) is 0. The van der Waals surface area contributed by atoms with E-state index in [9.17, 15) is 18.0 Å². The van der Waals surface area contributed by atoms with Crippen LogP contribution in [0, 0.1) is 0 Å². The SMILES string of the molecule is O=C(OCCCCCCCCCCCCBr)c1ccc(C(F)(F)F)cc1. The van der Waals surface area contributed by atoms with Gasteiger partial charge in [0, 0.05) is 5.33 Å². The van der Waals surface area contributed by atoms with Crippen molar-refractivity contribution >= 4 is 21.9 Å². The molecule has 0 atom stereocenters. The summed E-state index contributed by atoms with van der Waals surface area (Å²) in [5, 5.41) is 1.09. The van der Waals surface area contributed by atoms with Crippen molar-refractivity contribution in [1.82, 2.24) is 0 Å². The molecule has 26 heavy (non-hydrogen) atoms. The largest absolute Gasteiger partial charge is 0.462 e. The number of ether oxygens (including phenoxy) is 1. The topological polar surface area (TPSA) is 26.3 Å². The Morgan fingerprint density at radius 3 is 1.73 bits per heavy atom. The number of carbonyl (C=O) groups is 1. The van der Waals surface area contributed by atoms with Crippen LogP contribution in [0.4, 0.5) is 13.2 Å². The summed E-state index contributed by atoms with van der Waals surface area (Å²) in [6.07, 6.45) is 7.43. The molecule has 0 N–H and O–H groups in total. The van der Waals surface area contributed by atoms with Gasteiger partial charge in [0.05, 0.1) is 17.7 Å². The third-order valence-corrected chi connectivity index (χ3v) is 4.77. The van der Waals surface area contributed by atoms with Gasteiger partial charge in [-0.3, -0.25) is 0 Å². The summed E-state index contributed by atoms with van der Waals surface area (Å²) >= 11 is 3.43. The van der Waals surface area contributed by atoms with Crippen LogP contribution >= 0.6 is 15.9 Å². The minimum atomic E-state index is -4.39. The Hall–Kier alpha value is -1.04. The standard InChI is InChI=1S/C20H28BrF3O2/c21-15-9-7-5-3-1-2-4-6-8-10-16-26-19(25)17-11-13-18(14-12-17)20(22,23)24/h11-14H,1-10,15-16H2. The van der Waals surface area contributed by atoms with Crippen LogP contribution in [-0.4, -0.2) is 17.9 Å². The lowest BCUT2D eigenvalue weighted by Gasteiger charge is -2.08. The van der Waals surface area contributed by atoms with Crippen molar-refractivity contribution < 1.29 is 22.7 Å². The first-order chi connectivity index (χ1) is 12.4. The van der Waals surface area contributed by atoms with Gasteiger partial charge in [-0.2, -0.15) is 13.2 Å². The molecule has 148 valence electrons. The van der Waals surface area contributed by atoms with Gasteiger partial charge < -0.3 is 4.74 Å². The molecule has 0 bridgehead atoms. The van der Waals surface area contributed by atoms with Gasteiger partial charge in [0.2, 0.25) is 0 Å². The van der Waals surface area contributed by atoms with E-state index in [0.29, 0.717) is 6.61 Å². The maximum absolute atomic E-state index is 12.5. The van der Waals surface area contributed by atoms with E-state index in [1.54, 1.807) is 0 Å². The molecule has 1 aromatic rings. The molecule has 2 nitrogen and oxygen atoms in total. The zero-order chi connectivity index (χ0) is 19.3. The molecule has 0 saturated heterocycles. The smallest absolute Gasteiger partial charge is 0.416 e. The Morgan fingerprint density at radius 2 is 1.27 bits per heavy atom. The molecule has 0 aliphatic rings. The summed E-state index contributed by atoms with van der Waals surface area (Å²) in [6.45, 7) is 0.312. The molecule has 0 saturated carbocycles. The Balaban J connectivity index is 2.03. The number of esters is 1. The van der Waals surface area contributed by atoms with Crippen molar-refractivity contribution in [3.63, 3.8) is 0 Å². The summed E-state index contributed by atoms with van der Waals surface area (Å²) in [4.78, 5) is 11.8. The minimum Gasteiger partial charge on any atom is -0.462 e. The van der Waals surface area contributed by atoms with Gasteiger partial charge in [0.15, 0.2) is 0 Å². The van der Waals surface area contributed by atoms with Crippen molar-refractivity contribution in [2.45, 2.75) is 70.4 Å². The molecule has 0 amide bonds. The highest BCUT2D eigenvalue weighted by Crippen LogP contribution is 2.29. The normalized spacial score (nSPS) is 11.5. The average Bonchev–Trinajstić information content (AvgIpc) is 2.62. The minimum absolute atomic E-state index is 0.151. The molecule has 1 aromatic carbocycles. The highest BCUT2D eigenvalue weighted by atomic mass is 79.9. The van der Waals surface area contributed by atoms with E-state index in [4.69, 9.17) is 4.74 Å². The van der Waals surface area contributed by atoms with Gasteiger partial charge in [-0.05, 0) is 37.1 Å². The number of benzene rings is 1. The van der Waals surface area contributed by atoms with Crippen LogP contribution in [0.3, 0.4) is 0 Å². The summed E-state index contributed by atoms with van der Waals surface area (Å²) in [6, 6.07) is 4.11. The van der Waals surface area contributed by atoms with Gasteiger partial charge in [0.1, 0.15) is 0 Å². The van der Waals surface area contributed by atoms with Crippen molar-refractivity contribution in [2.24, 2.45) is 0 Å². The molecular formula is C20H28BrF3O2. The lowest BCUT2D eigenvalue weighted by atomic mass is 10.1. The molecule has 0 aliphatic carbocycles. The molecule has 6 heteroatoms. The van der Waals surface area contributed by atoms with E-state index >= 15 is 0 Å². The Bertz CT molecular complexity index is 501. The van der Waals surface area contributed by atoms with Crippen molar-refractivity contribution in [1.29, 1.82) is 0 Å². The van der Waals surface area contributed by atoms with Crippen molar-refractivity contribution in [2.75, 3.05) is 11.9 Å². The van der Waals surface area contributed by atoms with Crippen molar-refractivity contribution in [3.8, 4) is 0 Å². The first kappa shape index (κ1) is 23.0. The Morgan fingerprint density at radius 1 is 0.808 bits per heavy atom. The quantitative estimate of drug-likeness (QED) is 0.186. The molecule has 0 radical (unpaired) electrons. The molecule has 0 spiro atoms. The van der Waals surface area contributed by atoms with E-state index in [1.165, 1.54) is 44.9 Å². The lowest BCUT2D eigenvalue weighted by molar-refractivity contribution is -0.137. The van der Waals surface area contributed by atoms with Gasteiger partial charge in [-0.15, -0.1) is 0 Å². The van der Waals surface area contributed by atoms with Crippen LogP contribution in [0.5, 0.6) is 0 Å². The highest BCUT2D eigenvalue weighted by molar-refractivity contribution is 9.09. The van der Waals surface area contributed by atoms with Gasteiger partial charge in [-0.25, -0.2) is 4.79 Å². The molecule has 0 unspecified atom stereocenters. The predicted molar refractivity (Wildman–Crippen MR) is 102 cm³/mol. The second kappa shape index (κ2) is 13.2. The highest BCUT2D eigenvalue weighted by Gasteiger charge is 2.30.